The summed E-state index contributed by atoms with van der Waals surface area (Å²) in [6, 6.07) is 6.69. The Hall–Kier alpha value is -1.59. The summed E-state index contributed by atoms with van der Waals surface area (Å²) >= 11 is 0. The molecule has 5 nitrogen and oxygen atoms in total. The number of aliphatic hydroxyl groups excluding tert-OH is 1. The Morgan fingerprint density at radius 1 is 1.31 bits per heavy atom. The van der Waals surface area contributed by atoms with Gasteiger partial charge in [-0.1, -0.05) is 12.1 Å². The predicted octanol–water partition coefficient (Wildman–Crippen LogP) is 0.487. The summed E-state index contributed by atoms with van der Waals surface area (Å²) in [6.45, 7) is 1.19. The van der Waals surface area contributed by atoms with Crippen molar-refractivity contribution in [1.82, 2.24) is 10.6 Å². The standard InChI is InChI=1S/C11H16N2O3/c1-12-6-7-13-11(15)16-10-4-2-9(8-14)3-5-10/h2-5,12,14H,6-8H2,1H3,(H,13,15). The lowest BCUT2D eigenvalue weighted by molar-refractivity contribution is 0.200. The lowest BCUT2D eigenvalue weighted by Crippen LogP contribution is -2.32. The average Bonchev–Trinajstić information content (AvgIpc) is 2.30. The quantitative estimate of drug-likeness (QED) is 0.636. The first kappa shape index (κ1) is 12.5. The van der Waals surface area contributed by atoms with E-state index in [1.54, 1.807) is 31.3 Å². The van der Waals surface area contributed by atoms with Gasteiger partial charge in [-0.05, 0) is 24.7 Å². The van der Waals surface area contributed by atoms with Crippen molar-refractivity contribution in [3.8, 4) is 5.75 Å². The van der Waals surface area contributed by atoms with E-state index < -0.39 is 6.09 Å². The van der Waals surface area contributed by atoms with Crippen molar-refractivity contribution in [3.63, 3.8) is 0 Å². The number of benzene rings is 1. The van der Waals surface area contributed by atoms with Gasteiger partial charge in [0.2, 0.25) is 0 Å². The molecule has 0 fully saturated rings. The molecule has 5 heteroatoms. The van der Waals surface area contributed by atoms with Crippen LogP contribution in [-0.4, -0.2) is 31.3 Å². The van der Waals surface area contributed by atoms with Gasteiger partial charge in [-0.25, -0.2) is 4.79 Å². The van der Waals surface area contributed by atoms with Crippen molar-refractivity contribution >= 4 is 6.09 Å². The molecule has 0 aliphatic carbocycles. The van der Waals surface area contributed by atoms with Gasteiger partial charge in [0.1, 0.15) is 5.75 Å². The second-order valence-electron chi connectivity index (χ2n) is 3.22. The van der Waals surface area contributed by atoms with E-state index in [1.165, 1.54) is 0 Å². The van der Waals surface area contributed by atoms with Crippen molar-refractivity contribution in [1.29, 1.82) is 0 Å². The van der Waals surface area contributed by atoms with E-state index >= 15 is 0 Å². The zero-order chi connectivity index (χ0) is 11.8. The molecule has 88 valence electrons. The number of ether oxygens (including phenoxy) is 1. The number of aliphatic hydroxyl groups is 1. The van der Waals surface area contributed by atoms with Gasteiger partial charge in [0, 0.05) is 13.1 Å². The Bertz CT molecular complexity index is 325. The molecule has 0 radical (unpaired) electrons. The predicted molar refractivity (Wildman–Crippen MR) is 60.3 cm³/mol. The number of carbonyl (C=O) groups excluding carboxylic acids is 1. The van der Waals surface area contributed by atoms with Crippen molar-refractivity contribution in [3.05, 3.63) is 29.8 Å². The van der Waals surface area contributed by atoms with E-state index in [0.29, 0.717) is 18.8 Å². The van der Waals surface area contributed by atoms with Gasteiger partial charge in [0.05, 0.1) is 6.61 Å². The molecule has 0 heterocycles. The molecule has 0 saturated heterocycles. The van der Waals surface area contributed by atoms with Gasteiger partial charge < -0.3 is 20.5 Å². The maximum atomic E-state index is 11.2. The van der Waals surface area contributed by atoms with Gasteiger partial charge >= 0.3 is 6.09 Å². The minimum atomic E-state index is -0.480. The number of carbonyl (C=O) groups is 1. The highest BCUT2D eigenvalue weighted by atomic mass is 16.6. The normalized spacial score (nSPS) is 9.88. The first-order valence-electron chi connectivity index (χ1n) is 5.06. The summed E-state index contributed by atoms with van der Waals surface area (Å²) in [5.41, 5.74) is 0.781. The van der Waals surface area contributed by atoms with Gasteiger partial charge in [-0.3, -0.25) is 0 Å². The van der Waals surface area contributed by atoms with Gasteiger partial charge in [0.25, 0.3) is 0 Å². The number of amides is 1. The Labute approximate surface area is 94.4 Å². The van der Waals surface area contributed by atoms with Crippen LogP contribution >= 0.6 is 0 Å². The van der Waals surface area contributed by atoms with Crippen molar-refractivity contribution < 1.29 is 14.6 Å². The number of rotatable bonds is 5. The van der Waals surface area contributed by atoms with Gasteiger partial charge in [-0.2, -0.15) is 0 Å². The topological polar surface area (TPSA) is 70.6 Å². The molecular weight excluding hydrogens is 208 g/mol. The third kappa shape index (κ3) is 4.29. The van der Waals surface area contributed by atoms with E-state index in [9.17, 15) is 4.79 Å². The maximum Gasteiger partial charge on any atom is 0.412 e. The second kappa shape index (κ2) is 6.81. The summed E-state index contributed by atoms with van der Waals surface area (Å²) in [6.07, 6.45) is -0.480. The molecule has 0 aliphatic heterocycles. The van der Waals surface area contributed by atoms with Crippen LogP contribution in [-0.2, 0) is 6.61 Å². The van der Waals surface area contributed by atoms with Gasteiger partial charge in [0.15, 0.2) is 0 Å². The van der Waals surface area contributed by atoms with E-state index in [-0.39, 0.29) is 6.61 Å². The van der Waals surface area contributed by atoms with Crippen LogP contribution in [0.15, 0.2) is 24.3 Å². The molecule has 1 aromatic carbocycles. The highest BCUT2D eigenvalue weighted by molar-refractivity contribution is 5.70. The highest BCUT2D eigenvalue weighted by Gasteiger charge is 2.02. The molecule has 0 atom stereocenters. The number of hydrogen-bond donors (Lipinski definition) is 3. The third-order valence-electron chi connectivity index (χ3n) is 1.96. The van der Waals surface area contributed by atoms with Crippen molar-refractivity contribution in [2.24, 2.45) is 0 Å². The molecule has 0 saturated carbocycles. The van der Waals surface area contributed by atoms with Crippen LogP contribution in [0.2, 0.25) is 0 Å². The van der Waals surface area contributed by atoms with Crippen LogP contribution in [0.5, 0.6) is 5.75 Å². The molecule has 1 amide bonds. The molecule has 0 spiro atoms. The summed E-state index contributed by atoms with van der Waals surface area (Å²) in [5.74, 6) is 0.458. The number of nitrogens with one attached hydrogen (secondary N) is 2. The lowest BCUT2D eigenvalue weighted by atomic mass is 10.2. The lowest BCUT2D eigenvalue weighted by Gasteiger charge is -2.06. The Morgan fingerprint density at radius 3 is 2.56 bits per heavy atom. The van der Waals surface area contributed by atoms with E-state index in [4.69, 9.17) is 9.84 Å². The molecule has 3 N–H and O–H groups in total. The third-order valence-corrected chi connectivity index (χ3v) is 1.96. The first-order chi connectivity index (χ1) is 7.76. The Balaban J connectivity index is 2.37. The minimum absolute atomic E-state index is 0.0192. The molecule has 1 aromatic rings. The summed E-state index contributed by atoms with van der Waals surface area (Å²) < 4.78 is 5.00. The molecule has 16 heavy (non-hydrogen) atoms. The smallest absolute Gasteiger partial charge is 0.410 e. The van der Waals surface area contributed by atoms with E-state index in [0.717, 1.165) is 5.56 Å². The fourth-order valence-electron chi connectivity index (χ4n) is 1.10. The fourth-order valence-corrected chi connectivity index (χ4v) is 1.10. The highest BCUT2D eigenvalue weighted by Crippen LogP contribution is 2.11. The summed E-state index contributed by atoms with van der Waals surface area (Å²) in [7, 11) is 1.81. The molecule has 1 rings (SSSR count). The maximum absolute atomic E-state index is 11.2. The van der Waals surface area contributed by atoms with E-state index in [2.05, 4.69) is 10.6 Å². The Morgan fingerprint density at radius 2 is 2.00 bits per heavy atom. The molecule has 0 aromatic heterocycles. The van der Waals surface area contributed by atoms with Crippen molar-refractivity contribution in [2.45, 2.75) is 6.61 Å². The SMILES string of the molecule is CNCCNC(=O)Oc1ccc(CO)cc1. The van der Waals surface area contributed by atoms with Crippen LogP contribution in [0.4, 0.5) is 4.79 Å². The Kier molecular flexibility index (Phi) is 5.31. The second-order valence-corrected chi connectivity index (χ2v) is 3.22. The van der Waals surface area contributed by atoms with Crippen LogP contribution in [0.3, 0.4) is 0 Å². The van der Waals surface area contributed by atoms with Crippen LogP contribution in [0.1, 0.15) is 5.56 Å². The summed E-state index contributed by atoms with van der Waals surface area (Å²) in [5, 5.41) is 14.3. The zero-order valence-corrected chi connectivity index (χ0v) is 9.19. The molecular formula is C11H16N2O3. The van der Waals surface area contributed by atoms with Gasteiger partial charge in [-0.15, -0.1) is 0 Å². The number of hydrogen-bond acceptors (Lipinski definition) is 4. The summed E-state index contributed by atoms with van der Waals surface area (Å²) in [4.78, 5) is 11.2. The van der Waals surface area contributed by atoms with Crippen LogP contribution in [0.25, 0.3) is 0 Å². The zero-order valence-electron chi connectivity index (χ0n) is 9.19. The van der Waals surface area contributed by atoms with Crippen LogP contribution < -0.4 is 15.4 Å². The average molecular weight is 224 g/mol. The fraction of sp³-hybridized carbons (Fsp3) is 0.364. The first-order valence-corrected chi connectivity index (χ1v) is 5.06. The number of likely N-dealkylation sites (N-methyl/N-ethyl adjacent to an activating group) is 1. The van der Waals surface area contributed by atoms with Crippen molar-refractivity contribution in [2.75, 3.05) is 20.1 Å². The minimum Gasteiger partial charge on any atom is -0.410 e. The largest absolute Gasteiger partial charge is 0.412 e. The molecule has 0 aliphatic rings. The van der Waals surface area contributed by atoms with E-state index in [1.807, 2.05) is 0 Å². The molecule has 0 bridgehead atoms. The molecule has 0 unspecified atom stereocenters. The van der Waals surface area contributed by atoms with Crippen LogP contribution in [0, 0.1) is 0 Å². The monoisotopic (exact) mass is 224 g/mol.